The molecule has 1 aliphatic carbocycles. The fraction of sp³-hybridized carbons (Fsp3) is 0.714. The van der Waals surface area contributed by atoms with Crippen LogP contribution in [0.1, 0.15) is 57.7 Å². The summed E-state index contributed by atoms with van der Waals surface area (Å²) in [5, 5.41) is 0. The second-order valence-corrected chi connectivity index (χ2v) is 5.13. The SMILES string of the molecule is CCCc1nc(NN)cc(OC2CCCCCC2)n1. The number of hydrogen-bond donors (Lipinski definition) is 2. The second-order valence-electron chi connectivity index (χ2n) is 5.13. The van der Waals surface area contributed by atoms with Gasteiger partial charge in [-0.05, 0) is 32.1 Å². The molecule has 0 atom stereocenters. The van der Waals surface area contributed by atoms with E-state index in [1.54, 1.807) is 6.07 Å². The Balaban J connectivity index is 2.06. The Bertz CT molecular complexity index is 389. The second kappa shape index (κ2) is 7.28. The summed E-state index contributed by atoms with van der Waals surface area (Å²) in [5.74, 6) is 7.52. The summed E-state index contributed by atoms with van der Waals surface area (Å²) in [5.41, 5.74) is 2.58. The molecule has 1 aromatic heterocycles. The molecule has 0 saturated heterocycles. The van der Waals surface area contributed by atoms with Crippen LogP contribution in [-0.4, -0.2) is 16.1 Å². The normalized spacial score (nSPS) is 16.9. The van der Waals surface area contributed by atoms with Gasteiger partial charge in [-0.2, -0.15) is 4.98 Å². The number of rotatable bonds is 5. The van der Waals surface area contributed by atoms with Crippen molar-refractivity contribution < 1.29 is 4.74 Å². The van der Waals surface area contributed by atoms with Gasteiger partial charge < -0.3 is 10.2 Å². The zero-order valence-corrected chi connectivity index (χ0v) is 11.7. The lowest BCUT2D eigenvalue weighted by molar-refractivity contribution is 0.175. The van der Waals surface area contributed by atoms with Gasteiger partial charge in [0, 0.05) is 12.5 Å². The van der Waals surface area contributed by atoms with Crippen molar-refractivity contribution in [1.82, 2.24) is 9.97 Å². The Labute approximate surface area is 114 Å². The zero-order valence-electron chi connectivity index (χ0n) is 11.7. The van der Waals surface area contributed by atoms with Crippen molar-refractivity contribution in [3.63, 3.8) is 0 Å². The van der Waals surface area contributed by atoms with Gasteiger partial charge >= 0.3 is 0 Å². The Morgan fingerprint density at radius 2 is 2.00 bits per heavy atom. The summed E-state index contributed by atoms with van der Waals surface area (Å²) < 4.78 is 6.02. The minimum atomic E-state index is 0.289. The van der Waals surface area contributed by atoms with Crippen LogP contribution in [0, 0.1) is 0 Å². The van der Waals surface area contributed by atoms with Gasteiger partial charge in [-0.3, -0.25) is 0 Å². The fourth-order valence-electron chi connectivity index (χ4n) is 2.47. The molecule has 0 bridgehead atoms. The molecule has 1 fully saturated rings. The van der Waals surface area contributed by atoms with Gasteiger partial charge in [0.05, 0.1) is 0 Å². The minimum Gasteiger partial charge on any atom is -0.474 e. The number of nitrogens with two attached hydrogens (primary N) is 1. The summed E-state index contributed by atoms with van der Waals surface area (Å²) in [4.78, 5) is 8.79. The third kappa shape index (κ3) is 4.35. The average Bonchev–Trinajstić information content (AvgIpc) is 2.67. The smallest absolute Gasteiger partial charge is 0.219 e. The predicted octanol–water partition coefficient (Wildman–Crippen LogP) is 2.82. The van der Waals surface area contributed by atoms with E-state index >= 15 is 0 Å². The monoisotopic (exact) mass is 264 g/mol. The summed E-state index contributed by atoms with van der Waals surface area (Å²) in [6.45, 7) is 2.11. The van der Waals surface area contributed by atoms with Crippen molar-refractivity contribution in [2.75, 3.05) is 5.43 Å². The van der Waals surface area contributed by atoms with E-state index in [4.69, 9.17) is 10.6 Å². The van der Waals surface area contributed by atoms with Gasteiger partial charge in [0.1, 0.15) is 17.7 Å². The van der Waals surface area contributed by atoms with E-state index in [9.17, 15) is 0 Å². The first-order valence-electron chi connectivity index (χ1n) is 7.33. The number of hydrazine groups is 1. The van der Waals surface area contributed by atoms with Crippen molar-refractivity contribution in [1.29, 1.82) is 0 Å². The van der Waals surface area contributed by atoms with Gasteiger partial charge in [0.2, 0.25) is 5.88 Å². The van der Waals surface area contributed by atoms with E-state index in [-0.39, 0.29) is 6.10 Å². The average molecular weight is 264 g/mol. The molecule has 1 aromatic rings. The van der Waals surface area contributed by atoms with Crippen LogP contribution in [0.3, 0.4) is 0 Å². The van der Waals surface area contributed by atoms with E-state index in [1.807, 2.05) is 0 Å². The molecule has 0 amide bonds. The zero-order chi connectivity index (χ0) is 13.5. The number of anilines is 1. The van der Waals surface area contributed by atoms with E-state index < -0.39 is 0 Å². The third-order valence-electron chi connectivity index (χ3n) is 3.46. The number of nitrogen functional groups attached to an aromatic ring is 1. The van der Waals surface area contributed by atoms with Gasteiger partial charge in [-0.15, -0.1) is 0 Å². The number of hydrogen-bond acceptors (Lipinski definition) is 5. The lowest BCUT2D eigenvalue weighted by Crippen LogP contribution is -2.17. The number of nitrogens with zero attached hydrogens (tertiary/aromatic N) is 2. The molecule has 106 valence electrons. The minimum absolute atomic E-state index is 0.289. The Kier molecular flexibility index (Phi) is 5.39. The van der Waals surface area contributed by atoms with Crippen molar-refractivity contribution >= 4 is 5.82 Å². The molecule has 1 saturated carbocycles. The Morgan fingerprint density at radius 1 is 1.26 bits per heavy atom. The molecule has 2 rings (SSSR count). The van der Waals surface area contributed by atoms with Crippen molar-refractivity contribution in [2.24, 2.45) is 5.84 Å². The predicted molar refractivity (Wildman–Crippen MR) is 76.0 cm³/mol. The van der Waals surface area contributed by atoms with Crippen LogP contribution in [0.25, 0.3) is 0 Å². The van der Waals surface area contributed by atoms with Crippen molar-refractivity contribution in [3.8, 4) is 5.88 Å². The molecule has 1 heterocycles. The number of nitrogens with one attached hydrogen (secondary N) is 1. The van der Waals surface area contributed by atoms with Crippen LogP contribution < -0.4 is 16.0 Å². The highest BCUT2D eigenvalue weighted by Crippen LogP contribution is 2.23. The number of aromatic nitrogens is 2. The molecular weight excluding hydrogens is 240 g/mol. The highest BCUT2D eigenvalue weighted by molar-refractivity contribution is 5.37. The topological polar surface area (TPSA) is 73.1 Å². The third-order valence-corrected chi connectivity index (χ3v) is 3.46. The summed E-state index contributed by atoms with van der Waals surface area (Å²) in [6.07, 6.45) is 9.53. The van der Waals surface area contributed by atoms with E-state index in [0.717, 1.165) is 31.5 Å². The molecule has 19 heavy (non-hydrogen) atoms. The summed E-state index contributed by atoms with van der Waals surface area (Å²) in [6, 6.07) is 1.78. The standard InChI is InChI=1S/C14H24N4O/c1-2-7-12-16-13(18-15)10-14(17-12)19-11-8-5-3-4-6-9-11/h10-11H,2-9,15H2,1H3,(H,16,17,18). The number of ether oxygens (including phenoxy) is 1. The van der Waals surface area contributed by atoms with Crippen LogP contribution in [0.5, 0.6) is 5.88 Å². The van der Waals surface area contributed by atoms with Crippen molar-refractivity contribution in [2.45, 2.75) is 64.4 Å². The largest absolute Gasteiger partial charge is 0.474 e. The maximum atomic E-state index is 6.02. The first kappa shape index (κ1) is 14.1. The first-order valence-corrected chi connectivity index (χ1v) is 7.33. The van der Waals surface area contributed by atoms with E-state index in [2.05, 4.69) is 22.3 Å². The van der Waals surface area contributed by atoms with E-state index in [1.165, 1.54) is 25.7 Å². The van der Waals surface area contributed by atoms with Gasteiger partial charge in [-0.1, -0.05) is 19.8 Å². The molecule has 3 N–H and O–H groups in total. The molecular formula is C14H24N4O. The quantitative estimate of drug-likeness (QED) is 0.486. The first-order chi connectivity index (χ1) is 9.31. The van der Waals surface area contributed by atoms with Gasteiger partial charge in [0.15, 0.2) is 0 Å². The lowest BCUT2D eigenvalue weighted by atomic mass is 10.1. The van der Waals surface area contributed by atoms with E-state index in [0.29, 0.717) is 11.7 Å². The van der Waals surface area contributed by atoms with Crippen molar-refractivity contribution in [3.05, 3.63) is 11.9 Å². The molecule has 5 nitrogen and oxygen atoms in total. The van der Waals surface area contributed by atoms with Crippen LogP contribution >= 0.6 is 0 Å². The molecule has 0 spiro atoms. The van der Waals surface area contributed by atoms with Gasteiger partial charge in [-0.25, -0.2) is 10.8 Å². The summed E-state index contributed by atoms with van der Waals surface area (Å²) in [7, 11) is 0. The molecule has 0 radical (unpaired) electrons. The molecule has 1 aliphatic rings. The van der Waals surface area contributed by atoms with Crippen LogP contribution in [0.4, 0.5) is 5.82 Å². The van der Waals surface area contributed by atoms with Crippen LogP contribution in [0.2, 0.25) is 0 Å². The van der Waals surface area contributed by atoms with Crippen LogP contribution in [0.15, 0.2) is 6.07 Å². The Hall–Kier alpha value is -1.36. The summed E-state index contributed by atoms with van der Waals surface area (Å²) >= 11 is 0. The highest BCUT2D eigenvalue weighted by atomic mass is 16.5. The highest BCUT2D eigenvalue weighted by Gasteiger charge is 2.15. The molecule has 5 heteroatoms. The molecule has 0 unspecified atom stereocenters. The number of aryl methyl sites for hydroxylation is 1. The van der Waals surface area contributed by atoms with Crippen LogP contribution in [-0.2, 0) is 6.42 Å². The van der Waals surface area contributed by atoms with Gasteiger partial charge in [0.25, 0.3) is 0 Å². The lowest BCUT2D eigenvalue weighted by Gasteiger charge is -2.17. The molecule has 0 aromatic carbocycles. The maximum Gasteiger partial charge on any atom is 0.219 e. The maximum absolute atomic E-state index is 6.02. The fourth-order valence-corrected chi connectivity index (χ4v) is 2.47. The molecule has 0 aliphatic heterocycles. The Morgan fingerprint density at radius 3 is 2.63 bits per heavy atom.